The van der Waals surface area contributed by atoms with Crippen molar-refractivity contribution < 1.29 is 35.6 Å². The fraction of sp³-hybridized carbons (Fsp3) is 0.600. The quantitative estimate of drug-likeness (QED) is 0.175. The van der Waals surface area contributed by atoms with Gasteiger partial charge in [-0.15, -0.1) is 0 Å². The maximum atomic E-state index is 13.9. The maximum absolute atomic E-state index is 13.9. The monoisotopic (exact) mass is 526 g/mol. The van der Waals surface area contributed by atoms with Gasteiger partial charge in [-0.1, -0.05) is 12.1 Å². The van der Waals surface area contributed by atoms with Crippen molar-refractivity contribution in [2.24, 2.45) is 5.73 Å². The number of alkyl halides is 3. The second-order valence-electron chi connectivity index (χ2n) is 8.72. The van der Waals surface area contributed by atoms with Crippen LogP contribution in [0.3, 0.4) is 0 Å². The molecule has 0 bridgehead atoms. The number of hydrogen-bond acceptors (Lipinski definition) is 7. The van der Waals surface area contributed by atoms with Gasteiger partial charge in [-0.05, 0) is 37.0 Å². The molecule has 0 aromatic heterocycles. The highest BCUT2D eigenvalue weighted by Crippen LogP contribution is 2.39. The van der Waals surface area contributed by atoms with Gasteiger partial charge in [0.2, 0.25) is 11.8 Å². The van der Waals surface area contributed by atoms with Gasteiger partial charge in [-0.3, -0.25) is 14.9 Å². The van der Waals surface area contributed by atoms with Crippen molar-refractivity contribution in [3.63, 3.8) is 0 Å². The Hall–Kier alpha value is -1.90. The molecule has 34 heavy (non-hydrogen) atoms. The van der Waals surface area contributed by atoms with Gasteiger partial charge < -0.3 is 16.4 Å². The van der Waals surface area contributed by atoms with Crippen LogP contribution in [0.2, 0.25) is 0 Å². The minimum Gasteiger partial charge on any atom is -0.352 e. The summed E-state index contributed by atoms with van der Waals surface area (Å²) in [7, 11) is -4.08. The summed E-state index contributed by atoms with van der Waals surface area (Å²) in [6.07, 6.45) is -3.63. The lowest BCUT2D eigenvalue weighted by atomic mass is 10.0. The summed E-state index contributed by atoms with van der Waals surface area (Å²) in [6, 6.07) is -1.44. The van der Waals surface area contributed by atoms with Crippen molar-refractivity contribution in [2.45, 2.75) is 60.9 Å². The number of halogens is 4. The molecule has 1 saturated carbocycles. The average Bonchev–Trinajstić information content (AvgIpc) is 3.39. The van der Waals surface area contributed by atoms with Gasteiger partial charge in [-0.25, -0.2) is 12.8 Å². The minimum atomic E-state index is -4.92. The Kier molecular flexibility index (Phi) is 7.85. The van der Waals surface area contributed by atoms with Crippen LogP contribution in [0.1, 0.15) is 37.3 Å². The summed E-state index contributed by atoms with van der Waals surface area (Å²) >= 11 is 4.11. The number of carbonyl (C=O) groups is 2. The molecule has 1 aromatic carbocycles. The SMILES string of the molecule is NC(S)C1(NC(=O)[C@H](CS(=O)(=O)C[C@@H]2CCC(=O)N2)N[C@@H](c2ccc(F)cc2)C(F)(F)F)CC1. The molecule has 1 aliphatic carbocycles. The van der Waals surface area contributed by atoms with E-state index in [0.717, 1.165) is 24.3 Å². The van der Waals surface area contributed by atoms with Gasteiger partial charge in [-0.2, -0.15) is 25.8 Å². The predicted octanol–water partition coefficient (Wildman–Crippen LogP) is 0.944. The van der Waals surface area contributed by atoms with Gasteiger partial charge in [0.25, 0.3) is 0 Å². The Balaban J connectivity index is 1.85. The second-order valence-corrected chi connectivity index (χ2v) is 11.4. The molecule has 8 nitrogen and oxygen atoms in total. The molecule has 0 spiro atoms. The molecule has 2 fully saturated rings. The van der Waals surface area contributed by atoms with Crippen LogP contribution in [0.25, 0.3) is 0 Å². The Morgan fingerprint density at radius 1 is 1.26 bits per heavy atom. The molecule has 2 amide bonds. The zero-order chi connectivity index (χ0) is 25.3. The van der Waals surface area contributed by atoms with Crippen LogP contribution in [-0.2, 0) is 19.4 Å². The van der Waals surface area contributed by atoms with Crippen LogP contribution in [0.15, 0.2) is 24.3 Å². The van der Waals surface area contributed by atoms with E-state index in [1.807, 2.05) is 0 Å². The standard InChI is InChI=1S/C20H26F4N4O4S2/c21-12-3-1-11(2-4-12)16(20(22,23)24)27-14(17(30)28-19(7-8-19)18(25)33)10-34(31,32)9-13-5-6-15(29)26-13/h1-4,13-14,16,18,27,33H,5-10,25H2,(H,26,29)(H,28,30)/t13-,14-,16-,18?/m0/s1. The summed E-state index contributed by atoms with van der Waals surface area (Å²) in [6.45, 7) is 0. The first-order valence-electron chi connectivity index (χ1n) is 10.5. The number of benzene rings is 1. The number of hydrogen-bond donors (Lipinski definition) is 5. The second kappa shape index (κ2) is 9.99. The summed E-state index contributed by atoms with van der Waals surface area (Å²) in [5, 5.41) is 6.36. The topological polar surface area (TPSA) is 130 Å². The molecule has 1 aromatic rings. The summed E-state index contributed by atoms with van der Waals surface area (Å²) < 4.78 is 80.5. The third-order valence-electron chi connectivity index (χ3n) is 5.90. The van der Waals surface area contributed by atoms with Gasteiger partial charge in [0.05, 0.1) is 22.4 Å². The first-order chi connectivity index (χ1) is 15.7. The number of nitrogens with two attached hydrogens (primary N) is 1. The molecule has 1 heterocycles. The smallest absolute Gasteiger partial charge is 0.352 e. The van der Waals surface area contributed by atoms with Gasteiger partial charge in [0.1, 0.15) is 17.9 Å². The Labute approximate surface area is 199 Å². The first kappa shape index (κ1) is 26.7. The molecule has 4 atom stereocenters. The van der Waals surface area contributed by atoms with E-state index in [1.54, 1.807) is 0 Å². The molecular formula is C20H26F4N4O4S2. The van der Waals surface area contributed by atoms with Crippen molar-refractivity contribution in [3.05, 3.63) is 35.6 Å². The van der Waals surface area contributed by atoms with E-state index >= 15 is 0 Å². The van der Waals surface area contributed by atoms with E-state index in [-0.39, 0.29) is 24.3 Å². The molecule has 3 rings (SSSR count). The Morgan fingerprint density at radius 2 is 1.88 bits per heavy atom. The van der Waals surface area contributed by atoms with Crippen molar-refractivity contribution in [2.75, 3.05) is 11.5 Å². The zero-order valence-corrected chi connectivity index (χ0v) is 19.7. The van der Waals surface area contributed by atoms with E-state index in [1.165, 1.54) is 0 Å². The molecule has 1 aliphatic heterocycles. The van der Waals surface area contributed by atoms with E-state index < -0.39 is 68.3 Å². The van der Waals surface area contributed by atoms with Crippen LogP contribution >= 0.6 is 12.6 Å². The van der Waals surface area contributed by atoms with Crippen molar-refractivity contribution in [1.29, 1.82) is 0 Å². The van der Waals surface area contributed by atoms with Crippen molar-refractivity contribution in [3.8, 4) is 0 Å². The van der Waals surface area contributed by atoms with Gasteiger partial charge >= 0.3 is 6.18 Å². The molecule has 14 heteroatoms. The average molecular weight is 527 g/mol. The van der Waals surface area contributed by atoms with Crippen LogP contribution in [-0.4, -0.2) is 60.9 Å². The van der Waals surface area contributed by atoms with Crippen LogP contribution < -0.4 is 21.7 Å². The number of amides is 2. The normalized spacial score (nSPS) is 22.5. The number of sulfone groups is 1. The number of carbonyl (C=O) groups excluding carboxylic acids is 2. The molecule has 190 valence electrons. The van der Waals surface area contributed by atoms with Gasteiger partial charge in [0.15, 0.2) is 9.84 Å². The lowest BCUT2D eigenvalue weighted by molar-refractivity contribution is -0.160. The lowest BCUT2D eigenvalue weighted by Crippen LogP contribution is -2.57. The van der Waals surface area contributed by atoms with Crippen molar-refractivity contribution in [1.82, 2.24) is 16.0 Å². The van der Waals surface area contributed by atoms with E-state index in [9.17, 15) is 35.6 Å². The highest BCUT2D eigenvalue weighted by molar-refractivity contribution is 7.91. The molecular weight excluding hydrogens is 500 g/mol. The molecule has 1 saturated heterocycles. The van der Waals surface area contributed by atoms with Crippen LogP contribution in [0.5, 0.6) is 0 Å². The Morgan fingerprint density at radius 3 is 2.35 bits per heavy atom. The van der Waals surface area contributed by atoms with Crippen molar-refractivity contribution >= 4 is 34.3 Å². The van der Waals surface area contributed by atoms with E-state index in [0.29, 0.717) is 12.8 Å². The fourth-order valence-corrected chi connectivity index (χ4v) is 5.91. The van der Waals surface area contributed by atoms with E-state index in [4.69, 9.17) is 5.73 Å². The highest BCUT2D eigenvalue weighted by Gasteiger charge is 2.50. The van der Waals surface area contributed by atoms with Crippen LogP contribution in [0.4, 0.5) is 17.6 Å². The largest absolute Gasteiger partial charge is 0.407 e. The summed E-state index contributed by atoms with van der Waals surface area (Å²) in [5.41, 5.74) is 4.43. The van der Waals surface area contributed by atoms with Gasteiger partial charge in [0, 0.05) is 12.5 Å². The maximum Gasteiger partial charge on any atom is 0.407 e. The number of thiol groups is 1. The molecule has 2 aliphatic rings. The third-order valence-corrected chi connectivity index (χ3v) is 8.15. The summed E-state index contributed by atoms with van der Waals surface area (Å²) in [4.78, 5) is 24.4. The fourth-order valence-electron chi connectivity index (χ4n) is 3.83. The lowest BCUT2D eigenvalue weighted by Gasteiger charge is -2.30. The third kappa shape index (κ3) is 6.83. The molecule has 0 radical (unpaired) electrons. The number of rotatable bonds is 10. The van der Waals surface area contributed by atoms with E-state index in [2.05, 4.69) is 28.6 Å². The van der Waals surface area contributed by atoms with Crippen LogP contribution in [0, 0.1) is 5.82 Å². The molecule has 5 N–H and O–H groups in total. The highest BCUT2D eigenvalue weighted by atomic mass is 32.2. The molecule has 1 unspecified atom stereocenters. The zero-order valence-electron chi connectivity index (χ0n) is 17.9. The minimum absolute atomic E-state index is 0.144. The summed E-state index contributed by atoms with van der Waals surface area (Å²) in [5.74, 6) is -3.51. The number of nitrogens with one attached hydrogen (secondary N) is 3. The first-order valence-corrected chi connectivity index (χ1v) is 12.9. The Bertz CT molecular complexity index is 1010. The predicted molar refractivity (Wildman–Crippen MR) is 119 cm³/mol.